The fraction of sp³-hybridized carbons (Fsp3) is 0.250. The van der Waals surface area contributed by atoms with Crippen molar-refractivity contribution < 1.29 is 22.0 Å². The van der Waals surface area contributed by atoms with Crippen LogP contribution >= 0.6 is 0 Å². The van der Waals surface area contributed by atoms with Gasteiger partial charge in [0, 0.05) is 18.0 Å². The van der Waals surface area contributed by atoms with Crippen LogP contribution in [0.25, 0.3) is 17.1 Å². The van der Waals surface area contributed by atoms with Crippen LogP contribution in [0.4, 0.5) is 22.0 Å². The van der Waals surface area contributed by atoms with Gasteiger partial charge in [-0.3, -0.25) is 4.57 Å². The van der Waals surface area contributed by atoms with Crippen LogP contribution in [0.5, 0.6) is 0 Å². The molecule has 0 spiro atoms. The van der Waals surface area contributed by atoms with Crippen LogP contribution in [0.15, 0.2) is 36.7 Å². The number of imidazole rings is 1. The molecular formula is C20H17F5N2. The molecule has 0 aliphatic carbocycles. The smallest absolute Gasteiger partial charge is 0.200 e. The van der Waals surface area contributed by atoms with E-state index in [1.54, 1.807) is 12.1 Å². The molecule has 0 aliphatic rings. The van der Waals surface area contributed by atoms with Gasteiger partial charge in [0.1, 0.15) is 11.5 Å². The Hall–Kier alpha value is -2.70. The molecule has 0 bridgehead atoms. The molecule has 0 saturated carbocycles. The molecule has 0 radical (unpaired) electrons. The van der Waals surface area contributed by atoms with Gasteiger partial charge in [0.05, 0.1) is 0 Å². The van der Waals surface area contributed by atoms with Gasteiger partial charge in [0.15, 0.2) is 23.3 Å². The third-order valence-electron chi connectivity index (χ3n) is 4.85. The normalized spacial score (nSPS) is 11.9. The van der Waals surface area contributed by atoms with E-state index >= 15 is 0 Å². The van der Waals surface area contributed by atoms with Crippen LogP contribution in [0, 0.1) is 29.1 Å². The first kappa shape index (κ1) is 19.1. The number of halogens is 5. The summed E-state index contributed by atoms with van der Waals surface area (Å²) in [5.41, 5.74) is 0.0640. The van der Waals surface area contributed by atoms with Crippen LogP contribution in [0.1, 0.15) is 32.8 Å². The molecule has 0 atom stereocenters. The fourth-order valence-electron chi connectivity index (χ4n) is 2.95. The third-order valence-corrected chi connectivity index (χ3v) is 4.85. The molecule has 3 rings (SSSR count). The number of hydrogen-bond donors (Lipinski definition) is 0. The molecule has 27 heavy (non-hydrogen) atoms. The van der Waals surface area contributed by atoms with Crippen LogP contribution in [0.2, 0.25) is 0 Å². The third kappa shape index (κ3) is 3.01. The van der Waals surface area contributed by atoms with E-state index < -0.39 is 34.8 Å². The van der Waals surface area contributed by atoms with Crippen molar-refractivity contribution in [2.24, 2.45) is 0 Å². The molecule has 0 saturated heterocycles. The molecule has 2 nitrogen and oxygen atoms in total. The highest BCUT2D eigenvalue weighted by atomic mass is 19.2. The lowest BCUT2D eigenvalue weighted by Gasteiger charge is -2.26. The lowest BCUT2D eigenvalue weighted by Crippen LogP contribution is -2.18. The minimum Gasteiger partial charge on any atom is -0.294 e. The highest BCUT2D eigenvalue weighted by Gasteiger charge is 2.29. The molecule has 0 aliphatic heterocycles. The summed E-state index contributed by atoms with van der Waals surface area (Å²) in [5.74, 6) is -9.90. The topological polar surface area (TPSA) is 17.8 Å². The molecule has 0 amide bonds. The number of benzene rings is 2. The van der Waals surface area contributed by atoms with E-state index in [1.807, 2.05) is 32.9 Å². The summed E-state index contributed by atoms with van der Waals surface area (Å²) in [4.78, 5) is 4.13. The number of aromatic nitrogens is 2. The monoisotopic (exact) mass is 380 g/mol. The van der Waals surface area contributed by atoms with Crippen molar-refractivity contribution >= 4 is 0 Å². The fourth-order valence-corrected chi connectivity index (χ4v) is 2.95. The average Bonchev–Trinajstić information content (AvgIpc) is 3.14. The van der Waals surface area contributed by atoms with Gasteiger partial charge in [0.25, 0.3) is 0 Å². The summed E-state index contributed by atoms with van der Waals surface area (Å²) in [6.07, 6.45) is 3.19. The minimum atomic E-state index is -2.19. The highest BCUT2D eigenvalue weighted by molar-refractivity contribution is 5.65. The summed E-state index contributed by atoms with van der Waals surface area (Å²) in [5, 5.41) is 0. The summed E-state index contributed by atoms with van der Waals surface area (Å²) >= 11 is 0. The zero-order valence-corrected chi connectivity index (χ0v) is 15.0. The Bertz CT molecular complexity index is 979. The molecule has 2 aromatic carbocycles. The Morgan fingerprint density at radius 2 is 1.44 bits per heavy atom. The molecule has 142 valence electrons. The first-order valence-electron chi connectivity index (χ1n) is 8.35. The molecule has 0 N–H and O–H groups in total. The first-order valence-corrected chi connectivity index (χ1v) is 8.35. The Morgan fingerprint density at radius 3 is 2.04 bits per heavy atom. The van der Waals surface area contributed by atoms with Gasteiger partial charge in [-0.05, 0) is 17.4 Å². The predicted octanol–water partition coefficient (Wildman–Crippen LogP) is 5.92. The van der Waals surface area contributed by atoms with Crippen molar-refractivity contribution in [1.29, 1.82) is 0 Å². The van der Waals surface area contributed by atoms with Crippen molar-refractivity contribution in [2.45, 2.75) is 32.6 Å². The zero-order chi connectivity index (χ0) is 19.9. The number of hydrogen-bond acceptors (Lipinski definition) is 1. The quantitative estimate of drug-likeness (QED) is 0.312. The zero-order valence-electron chi connectivity index (χ0n) is 15.0. The predicted molar refractivity (Wildman–Crippen MR) is 92.1 cm³/mol. The minimum absolute atomic E-state index is 0.0929. The lowest BCUT2D eigenvalue weighted by molar-refractivity contribution is 0.375. The van der Waals surface area contributed by atoms with Gasteiger partial charge in [0.2, 0.25) is 5.82 Å². The molecule has 3 aromatic rings. The van der Waals surface area contributed by atoms with Crippen LogP contribution in [-0.2, 0) is 5.41 Å². The number of rotatable bonds is 4. The second-order valence-corrected chi connectivity index (χ2v) is 6.82. The van der Waals surface area contributed by atoms with E-state index in [4.69, 9.17) is 0 Å². The Kier molecular flexibility index (Phi) is 4.80. The largest absolute Gasteiger partial charge is 0.294 e. The van der Waals surface area contributed by atoms with E-state index in [0.717, 1.165) is 16.6 Å². The summed E-state index contributed by atoms with van der Waals surface area (Å²) < 4.78 is 70.2. The van der Waals surface area contributed by atoms with Gasteiger partial charge in [-0.1, -0.05) is 45.0 Å². The van der Waals surface area contributed by atoms with E-state index in [-0.39, 0.29) is 11.2 Å². The summed E-state index contributed by atoms with van der Waals surface area (Å²) in [7, 11) is 0. The standard InChI is InChI=1S/C20H17F5N2/c1-4-20(2,3)12-8-6-5-7-11(12)19-26-9-10-27(19)18-16(24)14(22)13(21)15(23)17(18)25/h5-10H,4H2,1-3H3. The summed E-state index contributed by atoms with van der Waals surface area (Å²) in [6, 6.07) is 7.11. The second-order valence-electron chi connectivity index (χ2n) is 6.82. The van der Waals surface area contributed by atoms with E-state index in [2.05, 4.69) is 4.98 Å². The average molecular weight is 380 g/mol. The van der Waals surface area contributed by atoms with Crippen LogP contribution in [0.3, 0.4) is 0 Å². The van der Waals surface area contributed by atoms with E-state index in [0.29, 0.717) is 5.56 Å². The molecule has 0 unspecified atom stereocenters. The highest BCUT2D eigenvalue weighted by Crippen LogP contribution is 2.36. The van der Waals surface area contributed by atoms with Crippen molar-refractivity contribution in [3.8, 4) is 17.1 Å². The maximum atomic E-state index is 14.3. The van der Waals surface area contributed by atoms with Crippen molar-refractivity contribution in [1.82, 2.24) is 9.55 Å². The van der Waals surface area contributed by atoms with E-state index in [1.165, 1.54) is 12.4 Å². The van der Waals surface area contributed by atoms with Gasteiger partial charge < -0.3 is 0 Å². The Labute approximate surface area is 153 Å². The molecular weight excluding hydrogens is 363 g/mol. The van der Waals surface area contributed by atoms with Crippen molar-refractivity contribution in [2.75, 3.05) is 0 Å². The maximum Gasteiger partial charge on any atom is 0.200 e. The second kappa shape index (κ2) is 6.79. The maximum absolute atomic E-state index is 14.3. The molecule has 1 heterocycles. The van der Waals surface area contributed by atoms with Crippen molar-refractivity contribution in [3.63, 3.8) is 0 Å². The summed E-state index contributed by atoms with van der Waals surface area (Å²) in [6.45, 7) is 5.99. The first-order chi connectivity index (χ1) is 12.7. The van der Waals surface area contributed by atoms with Gasteiger partial charge >= 0.3 is 0 Å². The van der Waals surface area contributed by atoms with Gasteiger partial charge in [-0.25, -0.2) is 26.9 Å². The van der Waals surface area contributed by atoms with Crippen molar-refractivity contribution in [3.05, 3.63) is 71.3 Å². The molecule has 7 heteroatoms. The van der Waals surface area contributed by atoms with Gasteiger partial charge in [-0.15, -0.1) is 0 Å². The van der Waals surface area contributed by atoms with Crippen LogP contribution < -0.4 is 0 Å². The SMILES string of the molecule is CCC(C)(C)c1ccccc1-c1nccn1-c1c(F)c(F)c(F)c(F)c1F. The number of nitrogens with zero attached hydrogens (tertiary/aromatic N) is 2. The molecule has 1 aromatic heterocycles. The Morgan fingerprint density at radius 1 is 0.889 bits per heavy atom. The molecule has 0 fully saturated rings. The van der Waals surface area contributed by atoms with Crippen LogP contribution in [-0.4, -0.2) is 9.55 Å². The Balaban J connectivity index is 2.31. The lowest BCUT2D eigenvalue weighted by atomic mass is 9.79. The van der Waals surface area contributed by atoms with Gasteiger partial charge in [-0.2, -0.15) is 0 Å². The van der Waals surface area contributed by atoms with E-state index in [9.17, 15) is 22.0 Å².